The highest BCUT2D eigenvalue weighted by molar-refractivity contribution is 5.79. The van der Waals surface area contributed by atoms with Gasteiger partial charge in [-0.25, -0.2) is 9.97 Å². The molecule has 1 saturated heterocycles. The second-order valence-corrected chi connectivity index (χ2v) is 8.19. The first-order valence-electron chi connectivity index (χ1n) is 11.2. The van der Waals surface area contributed by atoms with Crippen molar-refractivity contribution in [2.24, 2.45) is 0 Å². The van der Waals surface area contributed by atoms with E-state index < -0.39 is 4.92 Å². The van der Waals surface area contributed by atoms with E-state index in [2.05, 4.69) is 9.55 Å². The van der Waals surface area contributed by atoms with E-state index in [1.807, 2.05) is 64.4 Å². The van der Waals surface area contributed by atoms with Crippen molar-refractivity contribution in [1.29, 1.82) is 0 Å². The minimum Gasteiger partial charge on any atom is -0.353 e. The first-order valence-corrected chi connectivity index (χ1v) is 11.2. The maximum atomic E-state index is 13.0. The number of carbonyl (C=O) groups excluding carboxylic acids is 1. The van der Waals surface area contributed by atoms with Crippen LogP contribution in [-0.2, 0) is 11.2 Å². The van der Waals surface area contributed by atoms with Crippen LogP contribution in [0.15, 0.2) is 72.9 Å². The van der Waals surface area contributed by atoms with Crippen molar-refractivity contribution in [2.45, 2.75) is 12.8 Å². The second kappa shape index (κ2) is 9.30. The lowest BCUT2D eigenvalue weighted by Crippen LogP contribution is -2.49. The van der Waals surface area contributed by atoms with E-state index in [4.69, 9.17) is 4.98 Å². The van der Waals surface area contributed by atoms with Gasteiger partial charge in [0.15, 0.2) is 0 Å². The lowest BCUT2D eigenvalue weighted by atomic mass is 10.2. The molecule has 172 valence electrons. The highest BCUT2D eigenvalue weighted by atomic mass is 16.6. The zero-order valence-electron chi connectivity index (χ0n) is 18.6. The van der Waals surface area contributed by atoms with Crippen LogP contribution in [-0.4, -0.2) is 56.4 Å². The summed E-state index contributed by atoms with van der Waals surface area (Å²) in [7, 11) is 0. The molecular formula is C25H24N6O3. The van der Waals surface area contributed by atoms with E-state index in [-0.39, 0.29) is 11.6 Å². The zero-order chi connectivity index (χ0) is 23.5. The Hall–Kier alpha value is -4.27. The third-order valence-corrected chi connectivity index (χ3v) is 6.11. The lowest BCUT2D eigenvalue weighted by Gasteiger charge is -2.35. The van der Waals surface area contributed by atoms with Gasteiger partial charge >= 0.3 is 0 Å². The maximum Gasteiger partial charge on any atom is 0.287 e. The van der Waals surface area contributed by atoms with Gasteiger partial charge in [0, 0.05) is 50.8 Å². The Labute approximate surface area is 196 Å². The molecule has 0 bridgehead atoms. The number of nitrogens with zero attached hydrogens (tertiary/aromatic N) is 6. The van der Waals surface area contributed by atoms with E-state index in [1.54, 1.807) is 6.07 Å². The third kappa shape index (κ3) is 4.32. The summed E-state index contributed by atoms with van der Waals surface area (Å²) < 4.78 is 2.13. The summed E-state index contributed by atoms with van der Waals surface area (Å²) in [5.41, 5.74) is 2.94. The molecule has 4 aromatic rings. The van der Waals surface area contributed by atoms with Crippen LogP contribution in [0.2, 0.25) is 0 Å². The SMILES string of the molecule is O=C(CCc1nc2ccccc2n1-c1ccccc1)N1CCN(c2ccc([N+](=O)[O-])cn2)CC1. The van der Waals surface area contributed by atoms with Gasteiger partial charge in [0.2, 0.25) is 5.91 Å². The number of fused-ring (bicyclic) bond motifs is 1. The molecule has 0 unspecified atom stereocenters. The van der Waals surface area contributed by atoms with Gasteiger partial charge in [-0.2, -0.15) is 0 Å². The van der Waals surface area contributed by atoms with Crippen molar-refractivity contribution in [1.82, 2.24) is 19.4 Å². The number of imidazole rings is 1. The topological polar surface area (TPSA) is 97.4 Å². The molecule has 34 heavy (non-hydrogen) atoms. The lowest BCUT2D eigenvalue weighted by molar-refractivity contribution is -0.385. The van der Waals surface area contributed by atoms with Crippen molar-refractivity contribution in [3.63, 3.8) is 0 Å². The largest absolute Gasteiger partial charge is 0.353 e. The zero-order valence-corrected chi connectivity index (χ0v) is 18.6. The van der Waals surface area contributed by atoms with Gasteiger partial charge in [-0.05, 0) is 30.3 Å². The Morgan fingerprint density at radius 2 is 1.68 bits per heavy atom. The number of hydrogen-bond acceptors (Lipinski definition) is 6. The number of para-hydroxylation sites is 3. The number of amides is 1. The predicted molar refractivity (Wildman–Crippen MR) is 129 cm³/mol. The van der Waals surface area contributed by atoms with Gasteiger partial charge in [0.05, 0.1) is 16.0 Å². The fraction of sp³-hybridized carbons (Fsp3) is 0.240. The second-order valence-electron chi connectivity index (χ2n) is 8.19. The van der Waals surface area contributed by atoms with Crippen LogP contribution in [0, 0.1) is 10.1 Å². The van der Waals surface area contributed by atoms with Gasteiger partial charge in [0.25, 0.3) is 5.69 Å². The molecular weight excluding hydrogens is 432 g/mol. The maximum absolute atomic E-state index is 13.0. The number of rotatable bonds is 6. The molecule has 1 fully saturated rings. The number of nitro groups is 1. The number of pyridine rings is 1. The average Bonchev–Trinajstić information content (AvgIpc) is 3.26. The number of aromatic nitrogens is 3. The van der Waals surface area contributed by atoms with E-state index in [1.165, 1.54) is 12.3 Å². The van der Waals surface area contributed by atoms with E-state index >= 15 is 0 Å². The highest BCUT2D eigenvalue weighted by Gasteiger charge is 2.23. The molecule has 2 aromatic carbocycles. The van der Waals surface area contributed by atoms with E-state index in [0.717, 1.165) is 22.5 Å². The Morgan fingerprint density at radius 1 is 0.941 bits per heavy atom. The highest BCUT2D eigenvalue weighted by Crippen LogP contribution is 2.23. The van der Waals surface area contributed by atoms with Gasteiger partial charge < -0.3 is 9.80 Å². The molecule has 5 rings (SSSR count). The summed E-state index contributed by atoms with van der Waals surface area (Å²) in [5, 5.41) is 10.8. The van der Waals surface area contributed by atoms with Crippen molar-refractivity contribution < 1.29 is 9.72 Å². The van der Waals surface area contributed by atoms with Gasteiger partial charge in [-0.15, -0.1) is 0 Å². The number of anilines is 1. The molecule has 3 heterocycles. The van der Waals surface area contributed by atoms with Crippen LogP contribution in [0.1, 0.15) is 12.2 Å². The van der Waals surface area contributed by atoms with Crippen LogP contribution in [0.5, 0.6) is 0 Å². The van der Waals surface area contributed by atoms with E-state index in [9.17, 15) is 14.9 Å². The molecule has 1 aliphatic heterocycles. The monoisotopic (exact) mass is 456 g/mol. The van der Waals surface area contributed by atoms with Gasteiger partial charge in [0.1, 0.15) is 17.8 Å². The standard InChI is InChI=1S/C25H24N6O3/c32-25(29-16-14-28(15-17-29)23-11-10-20(18-26-23)31(33)34)13-12-24-27-21-8-4-5-9-22(21)30(24)19-6-2-1-3-7-19/h1-11,18H,12-17H2. The fourth-order valence-electron chi connectivity index (χ4n) is 4.34. The van der Waals surface area contributed by atoms with Crippen molar-refractivity contribution >= 4 is 28.4 Å². The van der Waals surface area contributed by atoms with Crippen LogP contribution in [0.25, 0.3) is 16.7 Å². The summed E-state index contributed by atoms with van der Waals surface area (Å²) in [5.74, 6) is 1.66. The molecule has 1 aliphatic rings. The Bertz CT molecular complexity index is 1310. The minimum atomic E-state index is -0.459. The number of carbonyl (C=O) groups is 1. The third-order valence-electron chi connectivity index (χ3n) is 6.11. The molecule has 0 saturated carbocycles. The van der Waals surface area contributed by atoms with Gasteiger partial charge in [-0.1, -0.05) is 30.3 Å². The fourth-order valence-corrected chi connectivity index (χ4v) is 4.34. The van der Waals surface area contributed by atoms with Crippen LogP contribution >= 0.6 is 0 Å². The van der Waals surface area contributed by atoms with E-state index in [0.29, 0.717) is 44.8 Å². The molecule has 9 nitrogen and oxygen atoms in total. The van der Waals surface area contributed by atoms with Crippen molar-refractivity contribution in [3.05, 3.63) is 88.9 Å². The normalized spacial score (nSPS) is 13.9. The molecule has 0 N–H and O–H groups in total. The summed E-state index contributed by atoms with van der Waals surface area (Å²) >= 11 is 0. The van der Waals surface area contributed by atoms with Crippen LogP contribution < -0.4 is 4.90 Å². The molecule has 0 radical (unpaired) electrons. The molecule has 1 amide bonds. The molecule has 0 spiro atoms. The number of hydrogen-bond donors (Lipinski definition) is 0. The van der Waals surface area contributed by atoms with Crippen LogP contribution in [0.3, 0.4) is 0 Å². The summed E-state index contributed by atoms with van der Waals surface area (Å²) in [4.78, 5) is 36.3. The molecule has 0 atom stereocenters. The minimum absolute atomic E-state index is 0.0286. The number of aryl methyl sites for hydroxylation is 1. The summed E-state index contributed by atoms with van der Waals surface area (Å²) in [6, 6.07) is 21.2. The smallest absolute Gasteiger partial charge is 0.287 e. The first-order chi connectivity index (χ1) is 16.6. The Kier molecular flexibility index (Phi) is 5.90. The number of piperazine rings is 1. The average molecular weight is 457 g/mol. The summed E-state index contributed by atoms with van der Waals surface area (Å²) in [6.07, 6.45) is 2.20. The Balaban J connectivity index is 1.24. The molecule has 9 heteroatoms. The summed E-state index contributed by atoms with van der Waals surface area (Å²) in [6.45, 7) is 2.46. The Morgan fingerprint density at radius 3 is 2.38 bits per heavy atom. The predicted octanol–water partition coefficient (Wildman–Crippen LogP) is 3.61. The van der Waals surface area contributed by atoms with Gasteiger partial charge in [-0.3, -0.25) is 19.5 Å². The number of benzene rings is 2. The quantitative estimate of drug-likeness (QED) is 0.325. The van der Waals surface area contributed by atoms with Crippen molar-refractivity contribution in [2.75, 3.05) is 31.1 Å². The van der Waals surface area contributed by atoms with Crippen molar-refractivity contribution in [3.8, 4) is 5.69 Å². The first kappa shape index (κ1) is 21.6. The molecule has 2 aromatic heterocycles. The molecule has 0 aliphatic carbocycles. The van der Waals surface area contributed by atoms with Crippen LogP contribution in [0.4, 0.5) is 11.5 Å².